The third-order valence-electron chi connectivity index (χ3n) is 4.26. The summed E-state index contributed by atoms with van der Waals surface area (Å²) in [5.74, 6) is 0.186. The van der Waals surface area contributed by atoms with E-state index in [0.717, 1.165) is 10.2 Å². The fraction of sp³-hybridized carbons (Fsp3) is 0.150. The Morgan fingerprint density at radius 1 is 1.06 bits per heavy atom. The number of thiazole rings is 1. The predicted octanol–water partition coefficient (Wildman–Crippen LogP) is 3.99. The van der Waals surface area contributed by atoms with Crippen LogP contribution in [0.5, 0.6) is 0 Å². The molecule has 0 aliphatic rings. The molecular formula is C20H17ClN6O2S2. The summed E-state index contributed by atoms with van der Waals surface area (Å²) in [6.45, 7) is 0. The average molecular weight is 473 g/mol. The van der Waals surface area contributed by atoms with Crippen LogP contribution in [0.4, 0.5) is 10.8 Å². The summed E-state index contributed by atoms with van der Waals surface area (Å²) in [7, 11) is 1.76. The summed E-state index contributed by atoms with van der Waals surface area (Å²) in [6.07, 6.45) is 0.0349. The Morgan fingerprint density at radius 2 is 1.84 bits per heavy atom. The maximum atomic E-state index is 12.3. The number of benzene rings is 2. The highest BCUT2D eigenvalue weighted by molar-refractivity contribution is 7.99. The summed E-state index contributed by atoms with van der Waals surface area (Å²) in [4.78, 5) is 29.0. The number of carbonyl (C=O) groups is 2. The maximum absolute atomic E-state index is 12.3. The van der Waals surface area contributed by atoms with Crippen LogP contribution in [0.1, 0.15) is 5.82 Å². The van der Waals surface area contributed by atoms with Gasteiger partial charge in [-0.15, -0.1) is 10.2 Å². The minimum Gasteiger partial charge on any atom is -0.324 e. The number of anilines is 2. The van der Waals surface area contributed by atoms with E-state index in [9.17, 15) is 9.59 Å². The number of nitrogens with zero attached hydrogens (tertiary/aromatic N) is 4. The third kappa shape index (κ3) is 5.22. The minimum absolute atomic E-state index is 0.0349. The fourth-order valence-electron chi connectivity index (χ4n) is 2.74. The van der Waals surface area contributed by atoms with Gasteiger partial charge in [0.2, 0.25) is 11.8 Å². The van der Waals surface area contributed by atoms with E-state index in [4.69, 9.17) is 11.6 Å². The molecule has 2 aromatic heterocycles. The molecule has 0 unspecified atom stereocenters. The summed E-state index contributed by atoms with van der Waals surface area (Å²) in [5.41, 5.74) is 1.39. The number of aromatic nitrogens is 4. The lowest BCUT2D eigenvalue weighted by molar-refractivity contribution is -0.116. The van der Waals surface area contributed by atoms with Crippen LogP contribution in [0.2, 0.25) is 5.02 Å². The molecule has 0 aliphatic carbocycles. The Bertz CT molecular complexity index is 1220. The van der Waals surface area contributed by atoms with Crippen molar-refractivity contribution in [2.24, 2.45) is 7.05 Å². The minimum atomic E-state index is -0.256. The highest BCUT2D eigenvalue weighted by atomic mass is 35.5. The predicted molar refractivity (Wildman–Crippen MR) is 124 cm³/mol. The molecule has 2 heterocycles. The molecule has 11 heteroatoms. The molecule has 2 aromatic carbocycles. The van der Waals surface area contributed by atoms with Gasteiger partial charge >= 0.3 is 0 Å². The summed E-state index contributed by atoms with van der Waals surface area (Å²) in [5, 5.41) is 15.3. The SMILES string of the molecule is Cn1c(CC(=O)Nc2ccccc2Cl)nnc1SCC(=O)Nc1nc2ccccc2s1. The van der Waals surface area contributed by atoms with Gasteiger partial charge in [0.1, 0.15) is 5.82 Å². The van der Waals surface area contributed by atoms with Crippen molar-refractivity contribution in [2.45, 2.75) is 11.6 Å². The van der Waals surface area contributed by atoms with E-state index in [1.807, 2.05) is 24.3 Å². The quantitative estimate of drug-likeness (QED) is 0.394. The van der Waals surface area contributed by atoms with Gasteiger partial charge in [-0.25, -0.2) is 4.98 Å². The van der Waals surface area contributed by atoms with Crippen molar-refractivity contribution in [3.8, 4) is 0 Å². The number of thioether (sulfide) groups is 1. The van der Waals surface area contributed by atoms with Crippen molar-refractivity contribution in [3.05, 3.63) is 59.4 Å². The van der Waals surface area contributed by atoms with Crippen LogP contribution in [0, 0.1) is 0 Å². The van der Waals surface area contributed by atoms with Gasteiger partial charge in [-0.2, -0.15) is 0 Å². The summed E-state index contributed by atoms with van der Waals surface area (Å²) in [6, 6.07) is 14.7. The molecule has 0 saturated carbocycles. The van der Waals surface area contributed by atoms with Crippen LogP contribution in [0.25, 0.3) is 10.2 Å². The van der Waals surface area contributed by atoms with Crippen LogP contribution >= 0.6 is 34.7 Å². The van der Waals surface area contributed by atoms with Gasteiger partial charge in [-0.3, -0.25) is 9.59 Å². The Morgan fingerprint density at radius 3 is 2.65 bits per heavy atom. The van der Waals surface area contributed by atoms with Gasteiger partial charge in [0, 0.05) is 7.05 Å². The number of amides is 2. The number of nitrogens with one attached hydrogen (secondary N) is 2. The monoisotopic (exact) mass is 472 g/mol. The van der Waals surface area contributed by atoms with Gasteiger partial charge in [0.15, 0.2) is 10.3 Å². The molecule has 8 nitrogen and oxygen atoms in total. The van der Waals surface area contributed by atoms with Crippen molar-refractivity contribution >= 4 is 67.5 Å². The number of hydrogen-bond donors (Lipinski definition) is 2. The first-order valence-electron chi connectivity index (χ1n) is 9.20. The molecule has 4 aromatic rings. The van der Waals surface area contributed by atoms with E-state index in [1.165, 1.54) is 23.1 Å². The molecular weight excluding hydrogens is 456 g/mol. The van der Waals surface area contributed by atoms with Crippen molar-refractivity contribution < 1.29 is 9.59 Å². The largest absolute Gasteiger partial charge is 0.324 e. The number of halogens is 1. The van der Waals surface area contributed by atoms with Crippen LogP contribution in [0.3, 0.4) is 0 Å². The molecule has 4 rings (SSSR count). The molecule has 158 valence electrons. The molecule has 2 N–H and O–H groups in total. The zero-order valence-electron chi connectivity index (χ0n) is 16.3. The van der Waals surface area contributed by atoms with E-state index in [-0.39, 0.29) is 24.0 Å². The van der Waals surface area contributed by atoms with E-state index < -0.39 is 0 Å². The van der Waals surface area contributed by atoms with E-state index >= 15 is 0 Å². The Balaban J connectivity index is 1.32. The first-order valence-corrected chi connectivity index (χ1v) is 11.4. The molecule has 31 heavy (non-hydrogen) atoms. The first-order chi connectivity index (χ1) is 15.0. The van der Waals surface area contributed by atoms with E-state index in [2.05, 4.69) is 25.8 Å². The maximum Gasteiger partial charge on any atom is 0.236 e. The number of rotatable bonds is 7. The average Bonchev–Trinajstić information content (AvgIpc) is 3.31. The summed E-state index contributed by atoms with van der Waals surface area (Å²) < 4.78 is 2.71. The first kappa shape index (κ1) is 21.3. The van der Waals surface area contributed by atoms with Crippen LogP contribution in [-0.4, -0.2) is 37.3 Å². The Kier molecular flexibility index (Phi) is 6.50. The van der Waals surface area contributed by atoms with Crippen molar-refractivity contribution in [3.63, 3.8) is 0 Å². The van der Waals surface area contributed by atoms with Gasteiger partial charge in [0.05, 0.1) is 33.1 Å². The molecule has 0 bridgehead atoms. The molecule has 0 saturated heterocycles. The molecule has 0 aliphatic heterocycles. The molecule has 0 atom stereocenters. The van der Waals surface area contributed by atoms with Crippen molar-refractivity contribution in [1.29, 1.82) is 0 Å². The van der Waals surface area contributed by atoms with Gasteiger partial charge in [-0.1, -0.05) is 59.0 Å². The van der Waals surface area contributed by atoms with Crippen LogP contribution in [-0.2, 0) is 23.1 Å². The van der Waals surface area contributed by atoms with Gasteiger partial charge in [0.25, 0.3) is 0 Å². The van der Waals surface area contributed by atoms with Crippen molar-refractivity contribution in [1.82, 2.24) is 19.7 Å². The summed E-state index contributed by atoms with van der Waals surface area (Å²) >= 11 is 8.73. The second-order valence-electron chi connectivity index (χ2n) is 6.49. The lowest BCUT2D eigenvalue weighted by Gasteiger charge is -2.07. The van der Waals surface area contributed by atoms with Gasteiger partial charge in [-0.05, 0) is 24.3 Å². The number of hydrogen-bond acceptors (Lipinski definition) is 7. The highest BCUT2D eigenvalue weighted by Gasteiger charge is 2.16. The second kappa shape index (κ2) is 9.46. The second-order valence-corrected chi connectivity index (χ2v) is 8.87. The Labute approximate surface area is 191 Å². The lowest BCUT2D eigenvalue weighted by atomic mass is 10.3. The molecule has 2 amide bonds. The molecule has 0 fully saturated rings. The normalized spacial score (nSPS) is 10.9. The van der Waals surface area contributed by atoms with Crippen molar-refractivity contribution in [2.75, 3.05) is 16.4 Å². The zero-order valence-corrected chi connectivity index (χ0v) is 18.7. The molecule has 0 spiro atoms. The number of para-hydroxylation sites is 2. The van der Waals surface area contributed by atoms with E-state index in [0.29, 0.717) is 26.8 Å². The van der Waals surface area contributed by atoms with E-state index in [1.54, 1.807) is 35.9 Å². The van der Waals surface area contributed by atoms with Crippen LogP contribution in [0.15, 0.2) is 53.7 Å². The smallest absolute Gasteiger partial charge is 0.236 e. The standard InChI is InChI=1S/C20H17ClN6O2S2/c1-27-16(10-17(28)22-13-7-3-2-6-12(13)21)25-26-20(27)30-11-18(29)24-19-23-14-8-4-5-9-15(14)31-19/h2-9H,10-11H2,1H3,(H,22,28)(H,23,24,29). The molecule has 0 radical (unpaired) electrons. The number of carbonyl (C=O) groups excluding carboxylic acids is 2. The highest BCUT2D eigenvalue weighted by Crippen LogP contribution is 2.26. The van der Waals surface area contributed by atoms with Crippen LogP contribution < -0.4 is 10.6 Å². The zero-order chi connectivity index (χ0) is 21.8. The lowest BCUT2D eigenvalue weighted by Crippen LogP contribution is -2.17. The van der Waals surface area contributed by atoms with Gasteiger partial charge < -0.3 is 15.2 Å². The Hall–Kier alpha value is -2.95. The third-order valence-corrected chi connectivity index (χ3v) is 6.57. The topological polar surface area (TPSA) is 102 Å². The number of fused-ring (bicyclic) bond motifs is 1. The fourth-order valence-corrected chi connectivity index (χ4v) is 4.53.